The van der Waals surface area contributed by atoms with Gasteiger partial charge in [-0.25, -0.2) is 0 Å². The summed E-state index contributed by atoms with van der Waals surface area (Å²) in [7, 11) is -0.348. The minimum atomic E-state index is -3.45. The van der Waals surface area contributed by atoms with Crippen LogP contribution in [-0.4, -0.2) is 60.2 Å². The molecule has 0 amide bonds. The number of hydrogen-bond acceptors (Lipinski definition) is 4. The Morgan fingerprint density at radius 3 is 2.81 bits per heavy atom. The smallest absolute Gasteiger partial charge is 0.281 e. The maximum atomic E-state index is 12.4. The molecule has 0 N–H and O–H groups in total. The summed E-state index contributed by atoms with van der Waals surface area (Å²) < 4.78 is 35.4. The second-order valence-corrected chi connectivity index (χ2v) is 8.13. The van der Waals surface area contributed by atoms with Gasteiger partial charge in [0, 0.05) is 33.4 Å². The lowest BCUT2D eigenvalue weighted by Gasteiger charge is -2.26. The van der Waals surface area contributed by atoms with Crippen LogP contribution in [0.5, 0.6) is 0 Å². The normalized spacial score (nSPS) is 24.0. The third-order valence-corrected chi connectivity index (χ3v) is 5.83. The summed E-state index contributed by atoms with van der Waals surface area (Å²) in [5.41, 5.74) is 0.901. The Hall–Kier alpha value is -0.960. The van der Waals surface area contributed by atoms with Crippen molar-refractivity contribution in [2.75, 3.05) is 27.2 Å². The highest BCUT2D eigenvalue weighted by atomic mass is 32.2. The summed E-state index contributed by atoms with van der Waals surface area (Å²) >= 11 is 0. The largest absolute Gasteiger partial charge is 0.375 e. The molecule has 0 radical (unpaired) electrons. The van der Waals surface area contributed by atoms with Gasteiger partial charge < -0.3 is 4.74 Å². The number of hydrogen-bond donors (Lipinski definition) is 0. The van der Waals surface area contributed by atoms with E-state index in [0.29, 0.717) is 25.6 Å². The van der Waals surface area contributed by atoms with Crippen molar-refractivity contribution in [3.8, 4) is 0 Å². The summed E-state index contributed by atoms with van der Waals surface area (Å²) in [5, 5.41) is 4.27. The summed E-state index contributed by atoms with van der Waals surface area (Å²) in [5.74, 6) is 0.657. The molecule has 1 aliphatic heterocycles. The number of fused-ring (bicyclic) bond motifs is 1. The van der Waals surface area contributed by atoms with Crippen molar-refractivity contribution in [1.29, 1.82) is 0 Å². The Morgan fingerprint density at radius 1 is 1.38 bits per heavy atom. The van der Waals surface area contributed by atoms with Gasteiger partial charge in [-0.2, -0.15) is 22.1 Å². The van der Waals surface area contributed by atoms with Gasteiger partial charge in [0.05, 0.1) is 24.9 Å². The molecule has 1 aromatic rings. The van der Waals surface area contributed by atoms with E-state index >= 15 is 0 Å². The zero-order chi connectivity index (χ0) is 15.0. The minimum Gasteiger partial charge on any atom is -0.375 e. The van der Waals surface area contributed by atoms with E-state index in [0.717, 1.165) is 12.3 Å². The summed E-state index contributed by atoms with van der Waals surface area (Å²) in [6.07, 6.45) is 4.00. The maximum Gasteiger partial charge on any atom is 0.281 e. The molecule has 0 saturated heterocycles. The second-order valence-electron chi connectivity index (χ2n) is 5.99. The molecule has 1 fully saturated rings. The van der Waals surface area contributed by atoms with Gasteiger partial charge in [0.15, 0.2) is 0 Å². The molecule has 2 heterocycles. The average Bonchev–Trinajstić information content (AvgIpc) is 3.19. The molecule has 1 atom stereocenters. The lowest BCUT2D eigenvalue weighted by molar-refractivity contribution is 0.0252. The predicted molar refractivity (Wildman–Crippen MR) is 77.7 cm³/mol. The maximum absolute atomic E-state index is 12.4. The van der Waals surface area contributed by atoms with Crippen LogP contribution < -0.4 is 0 Å². The fourth-order valence-corrected chi connectivity index (χ4v) is 3.56. The van der Waals surface area contributed by atoms with E-state index in [1.54, 1.807) is 20.3 Å². The van der Waals surface area contributed by atoms with Gasteiger partial charge in [0.1, 0.15) is 0 Å². The number of rotatable bonds is 5. The molecule has 1 aliphatic carbocycles. The van der Waals surface area contributed by atoms with E-state index in [1.807, 2.05) is 10.7 Å². The monoisotopic (exact) mass is 314 g/mol. The highest BCUT2D eigenvalue weighted by molar-refractivity contribution is 7.86. The van der Waals surface area contributed by atoms with Crippen molar-refractivity contribution in [3.63, 3.8) is 0 Å². The lowest BCUT2D eigenvalue weighted by Crippen LogP contribution is -2.43. The number of ether oxygens (including phenoxy) is 1. The zero-order valence-corrected chi connectivity index (χ0v) is 13.3. The van der Waals surface area contributed by atoms with E-state index in [2.05, 4.69) is 5.10 Å². The molecule has 7 nitrogen and oxygen atoms in total. The SMILES string of the molecule is CN(C)S(=O)(=O)N1Cc2ccnn2CC(OCC2CC2)C1. The van der Waals surface area contributed by atoms with Crippen LogP contribution in [0.25, 0.3) is 0 Å². The Morgan fingerprint density at radius 2 is 2.14 bits per heavy atom. The van der Waals surface area contributed by atoms with Gasteiger partial charge in [-0.1, -0.05) is 0 Å². The molecular weight excluding hydrogens is 292 g/mol. The van der Waals surface area contributed by atoms with E-state index in [9.17, 15) is 8.42 Å². The van der Waals surface area contributed by atoms with E-state index in [-0.39, 0.29) is 6.10 Å². The Kier molecular flexibility index (Phi) is 4.04. The van der Waals surface area contributed by atoms with Crippen LogP contribution in [0.3, 0.4) is 0 Å². The van der Waals surface area contributed by atoms with E-state index < -0.39 is 10.2 Å². The summed E-state index contributed by atoms with van der Waals surface area (Å²) in [6, 6.07) is 1.86. The topological polar surface area (TPSA) is 67.7 Å². The van der Waals surface area contributed by atoms with Crippen LogP contribution in [0.15, 0.2) is 12.3 Å². The molecule has 1 saturated carbocycles. The molecule has 2 aliphatic rings. The molecular formula is C13H22N4O3S. The van der Waals surface area contributed by atoms with Gasteiger partial charge in [-0.3, -0.25) is 4.68 Å². The van der Waals surface area contributed by atoms with Crippen molar-refractivity contribution in [2.45, 2.75) is 32.0 Å². The van der Waals surface area contributed by atoms with E-state index in [4.69, 9.17) is 4.74 Å². The molecule has 0 aromatic carbocycles. The molecule has 1 aromatic heterocycles. The van der Waals surface area contributed by atoms with Crippen LogP contribution in [0, 0.1) is 5.92 Å². The third-order valence-electron chi connectivity index (χ3n) is 3.98. The van der Waals surface area contributed by atoms with Crippen LogP contribution >= 0.6 is 0 Å². The van der Waals surface area contributed by atoms with Crippen molar-refractivity contribution < 1.29 is 13.2 Å². The number of aromatic nitrogens is 2. The van der Waals surface area contributed by atoms with Gasteiger partial charge in [0.2, 0.25) is 0 Å². The molecule has 118 valence electrons. The Bertz CT molecular complexity index is 594. The van der Waals surface area contributed by atoms with Crippen molar-refractivity contribution in [2.24, 2.45) is 5.92 Å². The van der Waals surface area contributed by atoms with Crippen molar-refractivity contribution in [1.82, 2.24) is 18.4 Å². The standard InChI is InChI=1S/C13H22N4O3S/c1-15(2)21(18,19)16-7-12-5-6-14-17(12)9-13(8-16)20-10-11-3-4-11/h5-6,11,13H,3-4,7-10H2,1-2H3. The second kappa shape index (κ2) is 5.68. The molecule has 0 bridgehead atoms. The first-order valence-corrected chi connectivity index (χ1v) is 8.66. The Labute approximate surface area is 125 Å². The fourth-order valence-electron chi connectivity index (χ4n) is 2.45. The first-order valence-electron chi connectivity index (χ1n) is 7.26. The van der Waals surface area contributed by atoms with Gasteiger partial charge in [-0.05, 0) is 24.8 Å². The van der Waals surface area contributed by atoms with Gasteiger partial charge in [0.25, 0.3) is 10.2 Å². The highest BCUT2D eigenvalue weighted by Crippen LogP contribution is 2.29. The first-order chi connectivity index (χ1) is 9.96. The van der Waals surface area contributed by atoms with Crippen LogP contribution in [0.1, 0.15) is 18.5 Å². The summed E-state index contributed by atoms with van der Waals surface area (Å²) in [6.45, 7) is 2.03. The molecule has 3 rings (SSSR count). The molecule has 8 heteroatoms. The number of nitrogens with zero attached hydrogens (tertiary/aromatic N) is 4. The zero-order valence-electron chi connectivity index (χ0n) is 12.5. The molecule has 1 unspecified atom stereocenters. The Balaban J connectivity index is 1.80. The van der Waals surface area contributed by atoms with Crippen LogP contribution in [0.4, 0.5) is 0 Å². The van der Waals surface area contributed by atoms with Gasteiger partial charge >= 0.3 is 0 Å². The van der Waals surface area contributed by atoms with Crippen molar-refractivity contribution in [3.05, 3.63) is 18.0 Å². The quantitative estimate of drug-likeness (QED) is 0.784. The predicted octanol–water partition coefficient (Wildman–Crippen LogP) is 0.300. The first kappa shape index (κ1) is 15.0. The fraction of sp³-hybridized carbons (Fsp3) is 0.769. The van der Waals surface area contributed by atoms with Crippen LogP contribution in [0.2, 0.25) is 0 Å². The van der Waals surface area contributed by atoms with Crippen LogP contribution in [-0.2, 0) is 28.0 Å². The van der Waals surface area contributed by atoms with Crippen molar-refractivity contribution >= 4 is 10.2 Å². The molecule has 0 spiro atoms. The average molecular weight is 314 g/mol. The highest BCUT2D eigenvalue weighted by Gasteiger charge is 2.33. The lowest BCUT2D eigenvalue weighted by atomic mass is 10.3. The molecule has 21 heavy (non-hydrogen) atoms. The third kappa shape index (κ3) is 3.28. The van der Waals surface area contributed by atoms with Gasteiger partial charge in [-0.15, -0.1) is 0 Å². The minimum absolute atomic E-state index is 0.151. The van der Waals surface area contributed by atoms with E-state index in [1.165, 1.54) is 21.5 Å². The summed E-state index contributed by atoms with van der Waals surface area (Å²) in [4.78, 5) is 0.